The van der Waals surface area contributed by atoms with Crippen LogP contribution in [0.5, 0.6) is 0 Å². The number of nitriles is 1. The van der Waals surface area contributed by atoms with E-state index >= 15 is 0 Å². The number of Topliss-reactive ketones (excluding diaryl/α,β-unsaturated/α-hetero) is 1. The van der Waals surface area contributed by atoms with Gasteiger partial charge in [-0.1, -0.05) is 41.9 Å². The van der Waals surface area contributed by atoms with Crippen molar-refractivity contribution >= 4 is 29.1 Å². The number of hydrogen-bond donors (Lipinski definition) is 0. The fourth-order valence-corrected chi connectivity index (χ4v) is 2.80. The van der Waals surface area contributed by atoms with E-state index in [9.17, 15) is 14.4 Å². The Hall–Kier alpha value is -1.83. The molecule has 2 nitrogen and oxygen atoms in total. The lowest BCUT2D eigenvalue weighted by atomic mass is 9.91. The largest absolute Gasteiger partial charge is 0.292 e. The molecule has 2 rings (SSSR count). The second-order valence-corrected chi connectivity index (χ2v) is 5.52. The SMILES string of the molecule is CSc1ccccc1C(=O)C(C#N)c1cccc(Cl)c1F. The highest BCUT2D eigenvalue weighted by molar-refractivity contribution is 7.98. The molecule has 5 heteroatoms. The second kappa shape index (κ2) is 6.75. The lowest BCUT2D eigenvalue weighted by Crippen LogP contribution is -2.14. The highest BCUT2D eigenvalue weighted by Gasteiger charge is 2.27. The van der Waals surface area contributed by atoms with Gasteiger partial charge in [0.15, 0.2) is 5.78 Å². The van der Waals surface area contributed by atoms with Crippen molar-refractivity contribution in [1.82, 2.24) is 0 Å². The van der Waals surface area contributed by atoms with Crippen molar-refractivity contribution in [2.45, 2.75) is 10.8 Å². The molecule has 0 aliphatic rings. The summed E-state index contributed by atoms with van der Waals surface area (Å²) < 4.78 is 14.1. The van der Waals surface area contributed by atoms with Crippen molar-refractivity contribution in [2.75, 3.05) is 6.26 Å². The molecule has 0 N–H and O–H groups in total. The third kappa shape index (κ3) is 3.10. The van der Waals surface area contributed by atoms with E-state index in [4.69, 9.17) is 11.6 Å². The molecule has 0 aromatic heterocycles. The van der Waals surface area contributed by atoms with E-state index in [1.54, 1.807) is 18.2 Å². The first-order valence-corrected chi connectivity index (χ1v) is 7.71. The Morgan fingerprint density at radius 2 is 2.00 bits per heavy atom. The van der Waals surface area contributed by atoms with Crippen molar-refractivity contribution in [3.8, 4) is 6.07 Å². The number of hydrogen-bond acceptors (Lipinski definition) is 3. The maximum absolute atomic E-state index is 14.1. The predicted octanol–water partition coefficient (Wildman–Crippen LogP) is 4.69. The Labute approximate surface area is 131 Å². The summed E-state index contributed by atoms with van der Waals surface area (Å²) in [5.41, 5.74) is 0.418. The van der Waals surface area contributed by atoms with Crippen LogP contribution in [0, 0.1) is 17.1 Å². The molecule has 0 saturated carbocycles. The van der Waals surface area contributed by atoms with Gasteiger partial charge in [-0.2, -0.15) is 5.26 Å². The standard InChI is InChI=1S/C16H11ClFNOS/c1-21-14-8-3-2-5-11(14)16(20)12(9-19)10-6-4-7-13(17)15(10)18/h2-8,12H,1H3. The third-order valence-corrected chi connectivity index (χ3v) is 4.14. The van der Waals surface area contributed by atoms with E-state index in [0.717, 1.165) is 4.90 Å². The molecule has 2 aromatic rings. The molecular formula is C16H11ClFNOS. The van der Waals surface area contributed by atoms with Crippen LogP contribution in [0.4, 0.5) is 4.39 Å². The van der Waals surface area contributed by atoms with Crippen LogP contribution in [0.25, 0.3) is 0 Å². The quantitative estimate of drug-likeness (QED) is 0.606. The topological polar surface area (TPSA) is 40.9 Å². The van der Waals surface area contributed by atoms with Crippen LogP contribution >= 0.6 is 23.4 Å². The first-order chi connectivity index (χ1) is 10.1. The number of nitrogens with zero attached hydrogens (tertiary/aromatic N) is 1. The van der Waals surface area contributed by atoms with E-state index in [2.05, 4.69) is 0 Å². The van der Waals surface area contributed by atoms with Crippen LogP contribution in [0.3, 0.4) is 0 Å². The molecule has 0 heterocycles. The van der Waals surface area contributed by atoms with Crippen molar-refractivity contribution < 1.29 is 9.18 Å². The number of thioether (sulfide) groups is 1. The van der Waals surface area contributed by atoms with Crippen molar-refractivity contribution in [3.63, 3.8) is 0 Å². The minimum absolute atomic E-state index is 0.00547. The van der Waals surface area contributed by atoms with E-state index < -0.39 is 17.5 Å². The number of halogens is 2. The molecule has 0 bridgehead atoms. The highest BCUT2D eigenvalue weighted by atomic mass is 35.5. The Morgan fingerprint density at radius 1 is 1.29 bits per heavy atom. The average Bonchev–Trinajstić information content (AvgIpc) is 2.51. The Kier molecular flexibility index (Phi) is 5.00. The molecule has 0 fully saturated rings. The van der Waals surface area contributed by atoms with Crippen LogP contribution in [0.1, 0.15) is 21.8 Å². The minimum Gasteiger partial charge on any atom is -0.292 e. The second-order valence-electron chi connectivity index (χ2n) is 4.27. The van der Waals surface area contributed by atoms with Crippen LogP contribution in [0.2, 0.25) is 5.02 Å². The fraction of sp³-hybridized carbons (Fsp3) is 0.125. The van der Waals surface area contributed by atoms with Crippen LogP contribution in [-0.4, -0.2) is 12.0 Å². The summed E-state index contributed by atoms with van der Waals surface area (Å²) in [7, 11) is 0. The number of carbonyl (C=O) groups is 1. The van der Waals surface area contributed by atoms with Gasteiger partial charge in [0.2, 0.25) is 0 Å². The smallest absolute Gasteiger partial charge is 0.185 e. The van der Waals surface area contributed by atoms with Gasteiger partial charge in [0.25, 0.3) is 0 Å². The molecule has 106 valence electrons. The summed E-state index contributed by atoms with van der Waals surface area (Å²) in [5, 5.41) is 9.20. The zero-order chi connectivity index (χ0) is 15.4. The van der Waals surface area contributed by atoms with Gasteiger partial charge in [0.05, 0.1) is 11.1 Å². The normalized spacial score (nSPS) is 11.7. The van der Waals surface area contributed by atoms with E-state index in [1.807, 2.05) is 18.4 Å². The zero-order valence-corrected chi connectivity index (χ0v) is 12.7. The molecule has 21 heavy (non-hydrogen) atoms. The molecule has 0 aliphatic heterocycles. The van der Waals surface area contributed by atoms with Crippen molar-refractivity contribution in [3.05, 3.63) is 64.4 Å². The van der Waals surface area contributed by atoms with Crippen molar-refractivity contribution in [1.29, 1.82) is 5.26 Å². The van der Waals surface area contributed by atoms with E-state index in [0.29, 0.717) is 5.56 Å². The average molecular weight is 320 g/mol. The summed E-state index contributed by atoms with van der Waals surface area (Å²) in [5.74, 6) is -2.36. The third-order valence-electron chi connectivity index (χ3n) is 3.06. The van der Waals surface area contributed by atoms with E-state index in [1.165, 1.54) is 30.0 Å². The molecule has 0 radical (unpaired) electrons. The lowest BCUT2D eigenvalue weighted by molar-refractivity contribution is 0.0974. The highest BCUT2D eigenvalue weighted by Crippen LogP contribution is 2.30. The first-order valence-electron chi connectivity index (χ1n) is 6.11. The Balaban J connectivity index is 2.49. The monoisotopic (exact) mass is 319 g/mol. The predicted molar refractivity (Wildman–Crippen MR) is 82.3 cm³/mol. The Morgan fingerprint density at radius 3 is 2.67 bits per heavy atom. The summed E-state index contributed by atoms with van der Waals surface area (Å²) in [6, 6.07) is 13.2. The first kappa shape index (κ1) is 15.6. The summed E-state index contributed by atoms with van der Waals surface area (Å²) in [6.45, 7) is 0. The molecule has 1 unspecified atom stereocenters. The summed E-state index contributed by atoms with van der Waals surface area (Å²) >= 11 is 7.13. The van der Waals surface area contributed by atoms with Crippen LogP contribution < -0.4 is 0 Å². The fourth-order valence-electron chi connectivity index (χ4n) is 2.02. The Bertz CT molecular complexity index is 726. The van der Waals surface area contributed by atoms with Gasteiger partial charge < -0.3 is 0 Å². The minimum atomic E-state index is -1.21. The van der Waals surface area contributed by atoms with Crippen LogP contribution in [0.15, 0.2) is 47.4 Å². The summed E-state index contributed by atoms with van der Waals surface area (Å²) in [4.78, 5) is 13.3. The number of carbonyl (C=O) groups excluding carboxylic acids is 1. The molecule has 2 aromatic carbocycles. The molecule has 0 saturated heterocycles. The maximum atomic E-state index is 14.1. The molecule has 1 atom stereocenters. The van der Waals surface area contributed by atoms with E-state index in [-0.39, 0.29) is 10.6 Å². The zero-order valence-electron chi connectivity index (χ0n) is 11.1. The molecule has 0 spiro atoms. The van der Waals surface area contributed by atoms with Gasteiger partial charge >= 0.3 is 0 Å². The van der Waals surface area contributed by atoms with Gasteiger partial charge in [-0.3, -0.25) is 4.79 Å². The van der Waals surface area contributed by atoms with Gasteiger partial charge in [0, 0.05) is 16.0 Å². The summed E-state index contributed by atoms with van der Waals surface area (Å²) in [6.07, 6.45) is 1.84. The van der Waals surface area contributed by atoms with Gasteiger partial charge in [-0.15, -0.1) is 11.8 Å². The molecule has 0 aliphatic carbocycles. The maximum Gasteiger partial charge on any atom is 0.185 e. The number of rotatable bonds is 4. The number of benzene rings is 2. The lowest BCUT2D eigenvalue weighted by Gasteiger charge is -2.12. The molecular weight excluding hydrogens is 309 g/mol. The van der Waals surface area contributed by atoms with Gasteiger partial charge in [0.1, 0.15) is 11.7 Å². The van der Waals surface area contributed by atoms with Crippen LogP contribution in [-0.2, 0) is 0 Å². The van der Waals surface area contributed by atoms with Gasteiger partial charge in [-0.25, -0.2) is 4.39 Å². The molecule has 0 amide bonds. The van der Waals surface area contributed by atoms with Crippen molar-refractivity contribution in [2.24, 2.45) is 0 Å². The van der Waals surface area contributed by atoms with Gasteiger partial charge in [-0.05, 0) is 18.4 Å². The number of ketones is 1.